The summed E-state index contributed by atoms with van der Waals surface area (Å²) >= 11 is 0. The number of hydrogen-bond acceptors (Lipinski definition) is 1. The Bertz CT molecular complexity index is 392. The van der Waals surface area contributed by atoms with Gasteiger partial charge in [0.25, 0.3) is 0 Å². The lowest BCUT2D eigenvalue weighted by molar-refractivity contribution is -0.136. The minimum absolute atomic E-state index is 0.0607. The molecule has 2 fully saturated rings. The standard InChI is InChI=1S/C13H16F3NO/c14-13(15,16)11-1-3-17(4-2-11)12(18)10-6-8-5-9(8)7-10/h1,8-10H,2-7H2. The molecule has 0 saturated heterocycles. The molecule has 2 atom stereocenters. The van der Waals surface area contributed by atoms with Crippen LogP contribution in [0.2, 0.25) is 0 Å². The predicted molar refractivity (Wildman–Crippen MR) is 59.7 cm³/mol. The number of rotatable bonds is 1. The normalized spacial score (nSPS) is 35.2. The van der Waals surface area contributed by atoms with Crippen LogP contribution in [0.3, 0.4) is 0 Å². The van der Waals surface area contributed by atoms with Crippen LogP contribution in [0.5, 0.6) is 0 Å². The average molecular weight is 259 g/mol. The van der Waals surface area contributed by atoms with Crippen LogP contribution >= 0.6 is 0 Å². The summed E-state index contributed by atoms with van der Waals surface area (Å²) in [7, 11) is 0. The Kier molecular flexibility index (Phi) is 2.68. The highest BCUT2D eigenvalue weighted by Gasteiger charge is 2.49. The van der Waals surface area contributed by atoms with Crippen LogP contribution in [-0.2, 0) is 4.79 Å². The molecule has 2 unspecified atom stereocenters. The highest BCUT2D eigenvalue weighted by molar-refractivity contribution is 5.79. The van der Waals surface area contributed by atoms with E-state index in [4.69, 9.17) is 0 Å². The second kappa shape index (κ2) is 4.00. The molecule has 0 aromatic heterocycles. The van der Waals surface area contributed by atoms with E-state index in [0.29, 0.717) is 0 Å². The quantitative estimate of drug-likeness (QED) is 0.663. The molecule has 3 rings (SSSR count). The fourth-order valence-electron chi connectivity index (χ4n) is 3.30. The van der Waals surface area contributed by atoms with Gasteiger partial charge in [-0.15, -0.1) is 0 Å². The van der Waals surface area contributed by atoms with Crippen molar-refractivity contribution in [2.75, 3.05) is 13.1 Å². The van der Waals surface area contributed by atoms with Gasteiger partial charge in [0.2, 0.25) is 5.91 Å². The molecule has 100 valence electrons. The van der Waals surface area contributed by atoms with E-state index in [1.165, 1.54) is 6.42 Å². The minimum Gasteiger partial charge on any atom is -0.338 e. The number of fused-ring (bicyclic) bond motifs is 1. The monoisotopic (exact) mass is 259 g/mol. The third-order valence-electron chi connectivity index (χ3n) is 4.48. The van der Waals surface area contributed by atoms with Gasteiger partial charge in [0.15, 0.2) is 0 Å². The highest BCUT2D eigenvalue weighted by Crippen LogP contribution is 2.54. The van der Waals surface area contributed by atoms with E-state index < -0.39 is 11.7 Å². The number of halogens is 3. The third-order valence-corrected chi connectivity index (χ3v) is 4.48. The van der Waals surface area contributed by atoms with Crippen LogP contribution in [0.1, 0.15) is 25.7 Å². The molecule has 2 saturated carbocycles. The third kappa shape index (κ3) is 2.15. The summed E-state index contributed by atoms with van der Waals surface area (Å²) in [5.41, 5.74) is -0.485. The van der Waals surface area contributed by atoms with Crippen LogP contribution in [0.4, 0.5) is 13.2 Å². The molecular formula is C13H16F3NO. The number of nitrogens with zero attached hydrogens (tertiary/aromatic N) is 1. The fourth-order valence-corrected chi connectivity index (χ4v) is 3.30. The Morgan fingerprint density at radius 1 is 1.22 bits per heavy atom. The molecule has 0 bridgehead atoms. The zero-order valence-corrected chi connectivity index (χ0v) is 10.0. The van der Waals surface area contributed by atoms with Crippen LogP contribution in [0, 0.1) is 17.8 Å². The lowest BCUT2D eigenvalue weighted by Gasteiger charge is -2.29. The van der Waals surface area contributed by atoms with Crippen molar-refractivity contribution in [1.82, 2.24) is 4.90 Å². The smallest absolute Gasteiger partial charge is 0.338 e. The van der Waals surface area contributed by atoms with Crippen molar-refractivity contribution in [3.8, 4) is 0 Å². The van der Waals surface area contributed by atoms with Gasteiger partial charge >= 0.3 is 6.18 Å². The molecule has 18 heavy (non-hydrogen) atoms. The lowest BCUT2D eigenvalue weighted by atomic mass is 10.00. The van der Waals surface area contributed by atoms with Gasteiger partial charge in [-0.25, -0.2) is 0 Å². The van der Waals surface area contributed by atoms with Crippen molar-refractivity contribution in [2.24, 2.45) is 17.8 Å². The van der Waals surface area contributed by atoms with Gasteiger partial charge in [-0.2, -0.15) is 13.2 Å². The Morgan fingerprint density at radius 3 is 2.39 bits per heavy atom. The molecule has 2 aliphatic carbocycles. The molecule has 2 nitrogen and oxygen atoms in total. The number of amides is 1. The molecule has 3 aliphatic rings. The fraction of sp³-hybridized carbons (Fsp3) is 0.769. The topological polar surface area (TPSA) is 20.3 Å². The zero-order chi connectivity index (χ0) is 12.9. The molecule has 5 heteroatoms. The van der Waals surface area contributed by atoms with Crippen LogP contribution in [0.25, 0.3) is 0 Å². The summed E-state index contributed by atoms with van der Waals surface area (Å²) in [6, 6.07) is 0. The van der Waals surface area contributed by atoms with Gasteiger partial charge in [0.05, 0.1) is 0 Å². The molecule has 0 N–H and O–H groups in total. The van der Waals surface area contributed by atoms with Crippen molar-refractivity contribution < 1.29 is 18.0 Å². The summed E-state index contributed by atoms with van der Waals surface area (Å²) in [4.78, 5) is 13.7. The molecular weight excluding hydrogens is 243 g/mol. The first kappa shape index (κ1) is 12.1. The van der Waals surface area contributed by atoms with Gasteiger partial charge in [0, 0.05) is 24.6 Å². The van der Waals surface area contributed by atoms with Gasteiger partial charge in [0.1, 0.15) is 0 Å². The first-order valence-electron chi connectivity index (χ1n) is 6.50. The van der Waals surface area contributed by atoms with E-state index in [1.807, 2.05) is 0 Å². The molecule has 0 spiro atoms. The number of carbonyl (C=O) groups excluding carboxylic acids is 1. The van der Waals surface area contributed by atoms with Gasteiger partial charge in [-0.1, -0.05) is 6.08 Å². The van der Waals surface area contributed by atoms with Gasteiger partial charge in [-0.05, 0) is 37.5 Å². The second-order valence-corrected chi connectivity index (χ2v) is 5.69. The maximum Gasteiger partial charge on any atom is 0.412 e. The van der Waals surface area contributed by atoms with Gasteiger partial charge < -0.3 is 4.90 Å². The minimum atomic E-state index is -4.23. The maximum absolute atomic E-state index is 12.5. The number of hydrogen-bond donors (Lipinski definition) is 0. The molecule has 0 aromatic carbocycles. The predicted octanol–water partition coefficient (Wildman–Crippen LogP) is 2.75. The van der Waals surface area contributed by atoms with Crippen LogP contribution < -0.4 is 0 Å². The first-order valence-corrected chi connectivity index (χ1v) is 6.50. The van der Waals surface area contributed by atoms with Crippen molar-refractivity contribution >= 4 is 5.91 Å². The number of alkyl halides is 3. The number of carbonyl (C=O) groups is 1. The highest BCUT2D eigenvalue weighted by atomic mass is 19.4. The summed E-state index contributed by atoms with van der Waals surface area (Å²) in [5.74, 6) is 1.60. The lowest BCUT2D eigenvalue weighted by Crippen LogP contribution is -2.40. The van der Waals surface area contributed by atoms with Crippen LogP contribution in [0.15, 0.2) is 11.6 Å². The van der Waals surface area contributed by atoms with Crippen molar-refractivity contribution in [3.05, 3.63) is 11.6 Å². The molecule has 0 radical (unpaired) electrons. The molecule has 1 aliphatic heterocycles. The molecule has 1 heterocycles. The Labute approximate surface area is 104 Å². The average Bonchev–Trinajstić information content (AvgIpc) is 2.94. The molecule has 1 amide bonds. The van der Waals surface area contributed by atoms with E-state index in [-0.39, 0.29) is 31.3 Å². The second-order valence-electron chi connectivity index (χ2n) is 5.69. The summed E-state index contributed by atoms with van der Waals surface area (Å²) in [6.07, 6.45) is 0.0314. The SMILES string of the molecule is O=C(C1CC2CC2C1)N1CC=C(C(F)(F)F)CC1. The largest absolute Gasteiger partial charge is 0.412 e. The Balaban J connectivity index is 1.59. The van der Waals surface area contributed by atoms with E-state index in [2.05, 4.69) is 0 Å². The zero-order valence-electron chi connectivity index (χ0n) is 10.0. The van der Waals surface area contributed by atoms with Crippen molar-refractivity contribution in [3.63, 3.8) is 0 Å². The summed E-state index contributed by atoms with van der Waals surface area (Å²) < 4.78 is 37.4. The van der Waals surface area contributed by atoms with Crippen molar-refractivity contribution in [1.29, 1.82) is 0 Å². The van der Waals surface area contributed by atoms with E-state index in [9.17, 15) is 18.0 Å². The van der Waals surface area contributed by atoms with Crippen molar-refractivity contribution in [2.45, 2.75) is 31.9 Å². The van der Waals surface area contributed by atoms with E-state index in [0.717, 1.165) is 30.8 Å². The first-order chi connectivity index (χ1) is 8.45. The molecule has 0 aromatic rings. The van der Waals surface area contributed by atoms with E-state index >= 15 is 0 Å². The van der Waals surface area contributed by atoms with E-state index in [1.54, 1.807) is 4.90 Å². The maximum atomic E-state index is 12.5. The van der Waals surface area contributed by atoms with Crippen LogP contribution in [-0.4, -0.2) is 30.1 Å². The summed E-state index contributed by atoms with van der Waals surface area (Å²) in [6.45, 7) is 0.343. The van der Waals surface area contributed by atoms with Gasteiger partial charge in [-0.3, -0.25) is 4.79 Å². The summed E-state index contributed by atoms with van der Waals surface area (Å²) in [5, 5.41) is 0. The Hall–Kier alpha value is -1.00. The Morgan fingerprint density at radius 2 is 1.89 bits per heavy atom.